The molecule has 1 aromatic heterocycles. The Morgan fingerprint density at radius 3 is 1.37 bits per heavy atom. The number of anilines is 3. The van der Waals surface area contributed by atoms with E-state index in [1.165, 1.54) is 120 Å². The molecule has 3 aliphatic rings. The molecule has 12 aromatic carbocycles. The summed E-state index contributed by atoms with van der Waals surface area (Å²) in [5.74, 6) is 0. The molecule has 0 aliphatic heterocycles. The zero-order valence-corrected chi connectivity index (χ0v) is 44.8. The van der Waals surface area contributed by atoms with Crippen molar-refractivity contribution in [1.29, 1.82) is 0 Å². The topological polar surface area (TPSA) is 3.24 Å². The van der Waals surface area contributed by atoms with E-state index in [9.17, 15) is 0 Å². The van der Waals surface area contributed by atoms with Gasteiger partial charge in [0.1, 0.15) is 0 Å². The van der Waals surface area contributed by atoms with E-state index in [0.717, 1.165) is 17.1 Å². The summed E-state index contributed by atoms with van der Waals surface area (Å²) in [5.41, 5.74) is 25.3. The second-order valence-electron chi connectivity index (χ2n) is 22.2. The van der Waals surface area contributed by atoms with Gasteiger partial charge in [0.2, 0.25) is 0 Å². The van der Waals surface area contributed by atoms with Crippen LogP contribution in [0.25, 0.3) is 64.7 Å². The summed E-state index contributed by atoms with van der Waals surface area (Å²) in [5, 5.41) is 2.63. The molecule has 372 valence electrons. The molecule has 3 aliphatic carbocycles. The number of nitrogens with zero attached hydrogens (tertiary/aromatic N) is 1. The van der Waals surface area contributed by atoms with Gasteiger partial charge in [-0.15, -0.1) is 11.3 Å². The summed E-state index contributed by atoms with van der Waals surface area (Å²) in [6, 6.07) is 108. The molecule has 0 bridgehead atoms. The van der Waals surface area contributed by atoms with Crippen LogP contribution in [0.4, 0.5) is 17.1 Å². The van der Waals surface area contributed by atoms with Crippen LogP contribution in [0.2, 0.25) is 0 Å². The van der Waals surface area contributed by atoms with Crippen LogP contribution < -0.4 is 4.90 Å². The van der Waals surface area contributed by atoms with Crippen molar-refractivity contribution < 1.29 is 0 Å². The van der Waals surface area contributed by atoms with Crippen LogP contribution in [-0.4, -0.2) is 0 Å². The summed E-state index contributed by atoms with van der Waals surface area (Å²) < 4.78 is 2.65. The van der Waals surface area contributed by atoms with Crippen LogP contribution >= 0.6 is 11.3 Å². The molecule has 79 heavy (non-hydrogen) atoms. The average molecular weight is 1020 g/mol. The van der Waals surface area contributed by atoms with Gasteiger partial charge in [0.05, 0.1) is 10.8 Å². The highest BCUT2D eigenvalue weighted by atomic mass is 32.1. The fourth-order valence-electron chi connectivity index (χ4n) is 14.6. The lowest BCUT2D eigenvalue weighted by Gasteiger charge is -2.50. The van der Waals surface area contributed by atoms with Crippen LogP contribution in [0.3, 0.4) is 0 Å². The van der Waals surface area contributed by atoms with Crippen LogP contribution in [0.1, 0.15) is 69.5 Å². The summed E-state index contributed by atoms with van der Waals surface area (Å²) in [6.45, 7) is 4.74. The summed E-state index contributed by atoms with van der Waals surface area (Å²) >= 11 is 1.88. The molecule has 0 atom stereocenters. The minimum atomic E-state index is -0.575. The third kappa shape index (κ3) is 6.44. The monoisotopic (exact) mass is 1020 g/mol. The third-order valence-corrected chi connectivity index (χ3v) is 19.3. The number of benzene rings is 12. The summed E-state index contributed by atoms with van der Waals surface area (Å²) in [6.07, 6.45) is 0. The largest absolute Gasteiger partial charge is 0.310 e. The average Bonchev–Trinajstić information content (AvgIpc) is 3.09. The van der Waals surface area contributed by atoms with Gasteiger partial charge in [0, 0.05) is 42.6 Å². The van der Waals surface area contributed by atoms with Crippen molar-refractivity contribution in [1.82, 2.24) is 0 Å². The van der Waals surface area contributed by atoms with E-state index in [0.29, 0.717) is 0 Å². The fraction of sp³-hybridized carbons (Fsp3) is 0.0649. The minimum Gasteiger partial charge on any atom is -0.310 e. The van der Waals surface area contributed by atoms with Crippen molar-refractivity contribution in [2.75, 3.05) is 4.90 Å². The first-order valence-electron chi connectivity index (χ1n) is 27.7. The maximum atomic E-state index is 2.52. The minimum absolute atomic E-state index is 0.140. The Hall–Kier alpha value is -9.34. The number of rotatable bonds is 7. The standard InChI is InChI=1S/C77H53NS/c1-75(2)65-29-12-9-24-59(65)61-47-45-57(49-71(61)75)78(56-43-38-51(39-44-56)58-27-19-28-64-63-26-11-18-35-73(63)79-74(58)64)55-41-36-50(37-42-55)52-40-46-62-60-25-10-13-30-66(60)77(72(62)48-52)69-33-16-14-31-67(69)76(53-20-5-3-6-21-53,54-22-7-4-8-23-54)68-32-15-17-34-70(68)77/h3-49H,1-2H3. The maximum Gasteiger partial charge on any atom is 0.0720 e. The Balaban J connectivity index is 0.847. The van der Waals surface area contributed by atoms with E-state index in [1.807, 2.05) is 11.3 Å². The second kappa shape index (κ2) is 17.3. The normalized spacial score (nSPS) is 14.5. The lowest BCUT2D eigenvalue weighted by molar-refractivity contribution is 0.624. The molecule has 0 saturated heterocycles. The third-order valence-electron chi connectivity index (χ3n) is 18.1. The molecule has 0 unspecified atom stereocenters. The Kier molecular flexibility index (Phi) is 10.1. The zero-order chi connectivity index (χ0) is 52.5. The Bertz CT molecular complexity index is 4470. The molecule has 0 radical (unpaired) electrons. The van der Waals surface area contributed by atoms with E-state index in [4.69, 9.17) is 0 Å². The van der Waals surface area contributed by atoms with Crippen LogP contribution in [0.15, 0.2) is 285 Å². The van der Waals surface area contributed by atoms with E-state index in [2.05, 4.69) is 304 Å². The molecule has 1 heterocycles. The maximum absolute atomic E-state index is 2.52. The van der Waals surface area contributed by atoms with Crippen LogP contribution in [0.5, 0.6) is 0 Å². The van der Waals surface area contributed by atoms with Crippen LogP contribution in [-0.2, 0) is 16.2 Å². The molecule has 0 saturated carbocycles. The van der Waals surface area contributed by atoms with Crippen molar-refractivity contribution >= 4 is 48.6 Å². The van der Waals surface area contributed by atoms with Gasteiger partial charge >= 0.3 is 0 Å². The van der Waals surface area contributed by atoms with Gasteiger partial charge in [-0.3, -0.25) is 0 Å². The first-order valence-corrected chi connectivity index (χ1v) is 28.5. The number of hydrogen-bond donors (Lipinski definition) is 0. The second-order valence-corrected chi connectivity index (χ2v) is 23.3. The van der Waals surface area contributed by atoms with Crippen molar-refractivity contribution in [3.05, 3.63) is 341 Å². The van der Waals surface area contributed by atoms with Gasteiger partial charge in [-0.2, -0.15) is 0 Å². The molecule has 16 rings (SSSR count). The SMILES string of the molecule is CC1(C)c2ccccc2-c2ccc(N(c3ccc(-c4ccc5c(c4)C4(c6ccccc6-5)c5ccccc5C(c5ccccc5)(c5ccccc5)c5ccccc54)cc3)c3ccc(-c4cccc5c4sc4ccccc45)cc3)cc21. The molecule has 2 heteroatoms. The van der Waals surface area contributed by atoms with Gasteiger partial charge < -0.3 is 4.90 Å². The fourth-order valence-corrected chi connectivity index (χ4v) is 15.9. The Morgan fingerprint density at radius 1 is 0.278 bits per heavy atom. The molecule has 0 N–H and O–H groups in total. The molecule has 1 nitrogen and oxygen atoms in total. The summed E-state index contributed by atoms with van der Waals surface area (Å²) in [4.78, 5) is 2.45. The highest BCUT2D eigenvalue weighted by Gasteiger charge is 2.56. The first-order chi connectivity index (χ1) is 38.9. The molecule has 0 amide bonds. The summed E-state index contributed by atoms with van der Waals surface area (Å²) in [7, 11) is 0. The molecule has 1 spiro atoms. The van der Waals surface area contributed by atoms with Crippen molar-refractivity contribution in [2.24, 2.45) is 0 Å². The number of thiophene rings is 1. The van der Waals surface area contributed by atoms with E-state index in [-0.39, 0.29) is 5.41 Å². The van der Waals surface area contributed by atoms with Crippen molar-refractivity contribution in [3.63, 3.8) is 0 Å². The van der Waals surface area contributed by atoms with E-state index >= 15 is 0 Å². The Morgan fingerprint density at radius 2 is 0.722 bits per heavy atom. The molecular weight excluding hydrogens is 971 g/mol. The van der Waals surface area contributed by atoms with Gasteiger partial charge in [-0.25, -0.2) is 0 Å². The van der Waals surface area contributed by atoms with Crippen molar-refractivity contribution in [2.45, 2.75) is 30.1 Å². The number of fused-ring (bicyclic) bond motifs is 15. The smallest absolute Gasteiger partial charge is 0.0720 e. The quantitative estimate of drug-likeness (QED) is 0.154. The van der Waals surface area contributed by atoms with Gasteiger partial charge in [0.15, 0.2) is 0 Å². The van der Waals surface area contributed by atoms with Gasteiger partial charge in [-0.05, 0) is 149 Å². The number of hydrogen-bond acceptors (Lipinski definition) is 2. The van der Waals surface area contributed by atoms with Gasteiger partial charge in [-0.1, -0.05) is 250 Å². The lowest BCUT2D eigenvalue weighted by Crippen LogP contribution is -2.44. The lowest BCUT2D eigenvalue weighted by atomic mass is 9.51. The van der Waals surface area contributed by atoms with E-state index < -0.39 is 10.8 Å². The van der Waals surface area contributed by atoms with E-state index in [1.54, 1.807) is 0 Å². The van der Waals surface area contributed by atoms with Crippen LogP contribution in [0, 0.1) is 0 Å². The molecular formula is C77H53NS. The van der Waals surface area contributed by atoms with Gasteiger partial charge in [0.25, 0.3) is 0 Å². The molecule has 0 fully saturated rings. The Labute approximate surface area is 466 Å². The predicted molar refractivity (Wildman–Crippen MR) is 332 cm³/mol. The molecule has 13 aromatic rings. The van der Waals surface area contributed by atoms with Crippen molar-refractivity contribution in [3.8, 4) is 44.5 Å². The first kappa shape index (κ1) is 45.8. The predicted octanol–water partition coefficient (Wildman–Crippen LogP) is 20.2. The highest BCUT2D eigenvalue weighted by molar-refractivity contribution is 7.26. The highest BCUT2D eigenvalue weighted by Crippen LogP contribution is 2.65. The zero-order valence-electron chi connectivity index (χ0n) is 44.0.